The highest BCUT2D eigenvalue weighted by molar-refractivity contribution is 7.13. The summed E-state index contributed by atoms with van der Waals surface area (Å²) in [7, 11) is 0. The van der Waals surface area contributed by atoms with Gasteiger partial charge in [-0.25, -0.2) is 14.4 Å². The molecule has 7 heteroatoms. The number of rotatable bonds is 5. The smallest absolute Gasteiger partial charge is 0.231 e. The van der Waals surface area contributed by atoms with Crippen molar-refractivity contribution in [2.24, 2.45) is 0 Å². The molecular weight excluding hydrogens is 423 g/mol. The zero-order chi connectivity index (χ0) is 22.1. The van der Waals surface area contributed by atoms with Crippen molar-refractivity contribution in [1.82, 2.24) is 14.4 Å². The Morgan fingerprint density at radius 1 is 1.03 bits per heavy atom. The van der Waals surface area contributed by atoms with E-state index in [4.69, 9.17) is 4.98 Å². The van der Waals surface area contributed by atoms with Gasteiger partial charge in [-0.15, -0.1) is 11.3 Å². The second-order valence-electron chi connectivity index (χ2n) is 7.49. The fraction of sp³-hybridized carbons (Fsp3) is 0.0800. The number of benzene rings is 2. The van der Waals surface area contributed by atoms with Gasteiger partial charge in [0.2, 0.25) is 5.91 Å². The van der Waals surface area contributed by atoms with Gasteiger partial charge in [-0.1, -0.05) is 48.5 Å². The molecule has 0 atom stereocenters. The van der Waals surface area contributed by atoms with Crippen molar-refractivity contribution in [3.05, 3.63) is 95.4 Å². The molecule has 32 heavy (non-hydrogen) atoms. The lowest BCUT2D eigenvalue weighted by atomic mass is 10.1. The first-order valence-corrected chi connectivity index (χ1v) is 11.0. The number of nitrogens with one attached hydrogen (secondary N) is 1. The van der Waals surface area contributed by atoms with Crippen LogP contribution in [0, 0.1) is 12.7 Å². The molecule has 3 heterocycles. The van der Waals surface area contributed by atoms with E-state index in [-0.39, 0.29) is 18.1 Å². The van der Waals surface area contributed by atoms with Crippen molar-refractivity contribution in [2.75, 3.05) is 5.32 Å². The third-order valence-corrected chi connectivity index (χ3v) is 5.98. The predicted molar refractivity (Wildman–Crippen MR) is 125 cm³/mol. The third kappa shape index (κ3) is 4.02. The molecular formula is C25H19FN4OS. The van der Waals surface area contributed by atoms with Crippen LogP contribution in [-0.4, -0.2) is 20.3 Å². The number of hydrogen-bond acceptors (Lipinski definition) is 4. The summed E-state index contributed by atoms with van der Waals surface area (Å²) in [4.78, 5) is 22.2. The molecule has 0 bridgehead atoms. The number of amides is 1. The molecule has 3 aromatic heterocycles. The second-order valence-corrected chi connectivity index (χ2v) is 8.35. The standard InChI is InChI=1S/C25H19FN4OS/c1-16-10-11-21-28-23(17-6-3-2-4-7-17)24(30(21)14-16)29-22(31)13-20-15-32-25(27-20)18-8-5-9-19(26)12-18/h2-12,14-15H,13H2,1H3,(H,29,31). The lowest BCUT2D eigenvalue weighted by Crippen LogP contribution is -2.16. The normalized spacial score (nSPS) is 11.1. The topological polar surface area (TPSA) is 59.3 Å². The Labute approximate surface area is 188 Å². The summed E-state index contributed by atoms with van der Waals surface area (Å²) in [5.74, 6) is 0.121. The molecule has 5 nitrogen and oxygen atoms in total. The van der Waals surface area contributed by atoms with Gasteiger partial charge >= 0.3 is 0 Å². The maximum atomic E-state index is 13.5. The number of halogens is 1. The zero-order valence-electron chi connectivity index (χ0n) is 17.2. The van der Waals surface area contributed by atoms with E-state index < -0.39 is 0 Å². The van der Waals surface area contributed by atoms with Crippen molar-refractivity contribution >= 4 is 28.7 Å². The summed E-state index contributed by atoms with van der Waals surface area (Å²) in [6.45, 7) is 2.00. The molecule has 0 aliphatic heterocycles. The maximum absolute atomic E-state index is 13.5. The van der Waals surface area contributed by atoms with Gasteiger partial charge in [-0.05, 0) is 30.7 Å². The van der Waals surface area contributed by atoms with E-state index in [0.29, 0.717) is 27.8 Å². The number of aromatic nitrogens is 3. The lowest BCUT2D eigenvalue weighted by Gasteiger charge is -2.08. The fourth-order valence-electron chi connectivity index (χ4n) is 3.55. The Hall–Kier alpha value is -3.84. The van der Waals surface area contributed by atoms with Crippen molar-refractivity contribution in [3.63, 3.8) is 0 Å². The van der Waals surface area contributed by atoms with Crippen LogP contribution in [0.3, 0.4) is 0 Å². The molecule has 5 rings (SSSR count). The van der Waals surface area contributed by atoms with Crippen LogP contribution in [0.2, 0.25) is 0 Å². The maximum Gasteiger partial charge on any atom is 0.231 e. The van der Waals surface area contributed by atoms with Crippen LogP contribution in [0.25, 0.3) is 27.5 Å². The molecule has 1 amide bonds. The Morgan fingerprint density at radius 2 is 1.84 bits per heavy atom. The quantitative estimate of drug-likeness (QED) is 0.377. The monoisotopic (exact) mass is 442 g/mol. The molecule has 0 spiro atoms. The Morgan fingerprint density at radius 3 is 2.66 bits per heavy atom. The number of thiazole rings is 1. The summed E-state index contributed by atoms with van der Waals surface area (Å²) in [5, 5.41) is 5.55. The third-order valence-electron chi connectivity index (χ3n) is 5.04. The average molecular weight is 443 g/mol. The number of pyridine rings is 1. The molecule has 0 unspecified atom stereocenters. The van der Waals surface area contributed by atoms with Gasteiger partial charge < -0.3 is 5.32 Å². The van der Waals surface area contributed by atoms with E-state index in [9.17, 15) is 9.18 Å². The summed E-state index contributed by atoms with van der Waals surface area (Å²) in [6.07, 6.45) is 2.06. The first-order chi connectivity index (χ1) is 15.6. The lowest BCUT2D eigenvalue weighted by molar-refractivity contribution is -0.115. The van der Waals surface area contributed by atoms with E-state index in [1.807, 2.05) is 65.4 Å². The molecule has 0 saturated heterocycles. The molecule has 0 aliphatic carbocycles. The van der Waals surface area contributed by atoms with Crippen molar-refractivity contribution in [2.45, 2.75) is 13.3 Å². The fourth-order valence-corrected chi connectivity index (χ4v) is 4.37. The van der Waals surface area contributed by atoms with Crippen LogP contribution >= 0.6 is 11.3 Å². The minimum Gasteiger partial charge on any atom is -0.310 e. The van der Waals surface area contributed by atoms with Crippen LogP contribution in [0.4, 0.5) is 10.2 Å². The molecule has 0 aliphatic rings. The number of carbonyl (C=O) groups excluding carboxylic acids is 1. The van der Waals surface area contributed by atoms with E-state index in [2.05, 4.69) is 10.3 Å². The number of carbonyl (C=O) groups is 1. The van der Waals surface area contributed by atoms with Crippen LogP contribution < -0.4 is 5.32 Å². The Balaban J connectivity index is 1.43. The molecule has 158 valence electrons. The van der Waals surface area contributed by atoms with E-state index in [1.54, 1.807) is 12.1 Å². The van der Waals surface area contributed by atoms with E-state index in [1.165, 1.54) is 23.5 Å². The van der Waals surface area contributed by atoms with Crippen LogP contribution in [-0.2, 0) is 11.2 Å². The number of imidazole rings is 1. The van der Waals surface area contributed by atoms with Gasteiger partial charge in [0, 0.05) is 22.7 Å². The number of nitrogens with zero attached hydrogens (tertiary/aromatic N) is 3. The molecule has 0 saturated carbocycles. The summed E-state index contributed by atoms with van der Waals surface area (Å²) >= 11 is 1.39. The molecule has 0 radical (unpaired) electrons. The summed E-state index contributed by atoms with van der Waals surface area (Å²) in [6, 6.07) is 20.0. The van der Waals surface area contributed by atoms with Gasteiger partial charge in [0.1, 0.15) is 28.0 Å². The highest BCUT2D eigenvalue weighted by Gasteiger charge is 2.18. The highest BCUT2D eigenvalue weighted by Crippen LogP contribution is 2.29. The number of hydrogen-bond donors (Lipinski definition) is 1. The first-order valence-electron chi connectivity index (χ1n) is 10.1. The molecule has 2 aromatic carbocycles. The van der Waals surface area contributed by atoms with Crippen LogP contribution in [0.15, 0.2) is 78.3 Å². The number of aryl methyl sites for hydroxylation is 1. The van der Waals surface area contributed by atoms with Gasteiger partial charge in [-0.3, -0.25) is 9.20 Å². The minimum atomic E-state index is -0.312. The largest absolute Gasteiger partial charge is 0.310 e. The SMILES string of the molecule is Cc1ccc2nc(-c3ccccc3)c(NC(=O)Cc3csc(-c4cccc(F)c4)n3)n2c1. The van der Waals surface area contributed by atoms with Gasteiger partial charge in [0.05, 0.1) is 12.1 Å². The second kappa shape index (κ2) is 8.36. The highest BCUT2D eigenvalue weighted by atomic mass is 32.1. The zero-order valence-corrected chi connectivity index (χ0v) is 18.1. The van der Waals surface area contributed by atoms with Gasteiger partial charge in [0.25, 0.3) is 0 Å². The number of fused-ring (bicyclic) bond motifs is 1. The molecule has 5 aromatic rings. The van der Waals surface area contributed by atoms with Crippen LogP contribution in [0.5, 0.6) is 0 Å². The Bertz CT molecular complexity index is 1420. The van der Waals surface area contributed by atoms with Crippen LogP contribution in [0.1, 0.15) is 11.3 Å². The van der Waals surface area contributed by atoms with Crippen molar-refractivity contribution < 1.29 is 9.18 Å². The predicted octanol–water partition coefficient (Wildman–Crippen LogP) is 5.75. The van der Waals surface area contributed by atoms with Crippen molar-refractivity contribution in [3.8, 4) is 21.8 Å². The van der Waals surface area contributed by atoms with Gasteiger partial charge in [-0.2, -0.15) is 0 Å². The van der Waals surface area contributed by atoms with E-state index in [0.717, 1.165) is 16.8 Å². The summed E-state index contributed by atoms with van der Waals surface area (Å²) in [5.41, 5.74) is 4.79. The Kier molecular flexibility index (Phi) is 5.25. The molecule has 1 N–H and O–H groups in total. The average Bonchev–Trinajstić information content (AvgIpc) is 3.39. The minimum absolute atomic E-state index is 0.110. The first kappa shape index (κ1) is 20.1. The number of anilines is 1. The van der Waals surface area contributed by atoms with E-state index >= 15 is 0 Å². The molecule has 0 fully saturated rings. The summed E-state index contributed by atoms with van der Waals surface area (Å²) < 4.78 is 15.4. The van der Waals surface area contributed by atoms with Crippen molar-refractivity contribution in [1.29, 1.82) is 0 Å². The van der Waals surface area contributed by atoms with Gasteiger partial charge in [0.15, 0.2) is 0 Å².